The van der Waals surface area contributed by atoms with Crippen LogP contribution in [0.1, 0.15) is 61.4 Å². The number of esters is 1. The number of carbonyl (C=O) groups excluding carboxylic acids is 1. The summed E-state index contributed by atoms with van der Waals surface area (Å²) in [4.78, 5) is 28.6. The van der Waals surface area contributed by atoms with Crippen LogP contribution in [0.4, 0.5) is 13.2 Å². The van der Waals surface area contributed by atoms with E-state index in [0.29, 0.717) is 18.2 Å². The van der Waals surface area contributed by atoms with Crippen LogP contribution in [0.15, 0.2) is 36.5 Å². The molecule has 0 radical (unpaired) electrons. The molecule has 1 fully saturated rings. The number of likely N-dealkylation sites (tertiary alicyclic amines) is 1. The van der Waals surface area contributed by atoms with Crippen molar-refractivity contribution in [1.29, 1.82) is 0 Å². The van der Waals surface area contributed by atoms with Crippen molar-refractivity contribution in [2.75, 3.05) is 13.2 Å². The van der Waals surface area contributed by atoms with E-state index in [-0.39, 0.29) is 11.5 Å². The first-order chi connectivity index (χ1) is 16.5. The fourth-order valence-electron chi connectivity index (χ4n) is 4.45. The quantitative estimate of drug-likeness (QED) is 0.606. The molecule has 35 heavy (non-hydrogen) atoms. The average molecular weight is 496 g/mol. The van der Waals surface area contributed by atoms with Crippen LogP contribution in [0.25, 0.3) is 0 Å². The van der Waals surface area contributed by atoms with Gasteiger partial charge in [-0.1, -0.05) is 43.7 Å². The van der Waals surface area contributed by atoms with Crippen molar-refractivity contribution in [2.45, 2.75) is 70.8 Å². The first kappa shape index (κ1) is 26.7. The Morgan fingerprint density at radius 2 is 1.89 bits per heavy atom. The van der Waals surface area contributed by atoms with Gasteiger partial charge < -0.3 is 14.4 Å². The van der Waals surface area contributed by atoms with Gasteiger partial charge in [-0.05, 0) is 44.2 Å². The highest BCUT2D eigenvalue weighted by atomic mass is 19.4. The zero-order valence-electron chi connectivity index (χ0n) is 20.1. The van der Waals surface area contributed by atoms with Gasteiger partial charge in [-0.15, -0.1) is 0 Å². The van der Waals surface area contributed by atoms with Gasteiger partial charge in [0.15, 0.2) is 5.69 Å². The number of ether oxygens (including phenoxy) is 1. The highest BCUT2D eigenvalue weighted by Crippen LogP contribution is 2.30. The number of alkyl halides is 3. The van der Waals surface area contributed by atoms with Gasteiger partial charge in [0, 0.05) is 25.7 Å². The van der Waals surface area contributed by atoms with E-state index in [2.05, 4.69) is 52.6 Å². The fourth-order valence-corrected chi connectivity index (χ4v) is 4.45. The van der Waals surface area contributed by atoms with Crippen molar-refractivity contribution in [2.24, 2.45) is 5.92 Å². The molecule has 10 heteroatoms. The summed E-state index contributed by atoms with van der Waals surface area (Å²) in [6, 6.07) is 10.5. The van der Waals surface area contributed by atoms with Gasteiger partial charge in [0.25, 0.3) is 0 Å². The Bertz CT molecular complexity index is 1010. The molecule has 2 aromatic rings. The SMILES string of the molecule is CC1CCn2cc(C(=O)OCC3(C)CCCCN3Cc3ccccc3)nc2C1.O=C(O)C(F)(F)F. The number of carboxylic acids is 1. The summed E-state index contributed by atoms with van der Waals surface area (Å²) in [5, 5.41) is 7.12. The lowest BCUT2D eigenvalue weighted by molar-refractivity contribution is -0.192. The minimum atomic E-state index is -5.08. The van der Waals surface area contributed by atoms with Crippen molar-refractivity contribution in [1.82, 2.24) is 14.5 Å². The Morgan fingerprint density at radius 1 is 1.20 bits per heavy atom. The lowest BCUT2D eigenvalue weighted by Crippen LogP contribution is -2.52. The summed E-state index contributed by atoms with van der Waals surface area (Å²) in [6.45, 7) is 7.76. The third-order valence-electron chi connectivity index (χ3n) is 6.59. The van der Waals surface area contributed by atoms with Gasteiger partial charge in [-0.2, -0.15) is 13.2 Å². The third-order valence-corrected chi connectivity index (χ3v) is 6.59. The molecule has 4 rings (SSSR count). The van der Waals surface area contributed by atoms with E-state index < -0.39 is 12.1 Å². The molecule has 2 atom stereocenters. The van der Waals surface area contributed by atoms with Gasteiger partial charge in [-0.25, -0.2) is 14.6 Å². The minimum Gasteiger partial charge on any atom is -0.475 e. The third kappa shape index (κ3) is 7.30. The number of aromatic nitrogens is 2. The first-order valence-corrected chi connectivity index (χ1v) is 11.8. The molecular weight excluding hydrogens is 463 g/mol. The molecule has 0 bridgehead atoms. The Kier molecular flexibility index (Phi) is 8.58. The number of rotatable bonds is 5. The Hall–Kier alpha value is -2.88. The van der Waals surface area contributed by atoms with Gasteiger partial charge in [0.05, 0.1) is 5.54 Å². The van der Waals surface area contributed by atoms with E-state index in [4.69, 9.17) is 14.6 Å². The van der Waals surface area contributed by atoms with Crippen LogP contribution in [0, 0.1) is 5.92 Å². The molecule has 1 aromatic carbocycles. The Balaban J connectivity index is 0.000000429. The van der Waals surface area contributed by atoms with Gasteiger partial charge in [-0.3, -0.25) is 4.90 Å². The standard InChI is InChI=1S/C23H31N3O2.C2HF3O2/c1-18-10-13-25-16-20(24-21(25)14-18)22(27)28-17-23(2)11-6-7-12-26(23)15-19-8-4-3-5-9-19;3-2(4,5)1(6)7/h3-5,8-9,16,18H,6-7,10-15,17H2,1-2H3;(H,6,7). The maximum absolute atomic E-state index is 12.7. The van der Waals surface area contributed by atoms with Crippen LogP contribution in [0.5, 0.6) is 0 Å². The predicted octanol–water partition coefficient (Wildman–Crippen LogP) is 4.70. The van der Waals surface area contributed by atoms with E-state index in [9.17, 15) is 18.0 Å². The first-order valence-electron chi connectivity index (χ1n) is 11.8. The van der Waals surface area contributed by atoms with E-state index in [1.54, 1.807) is 0 Å². The average Bonchev–Trinajstić information content (AvgIpc) is 3.23. The van der Waals surface area contributed by atoms with Crippen LogP contribution >= 0.6 is 0 Å². The highest BCUT2D eigenvalue weighted by Gasteiger charge is 2.38. The molecular formula is C25H32F3N3O4. The molecule has 0 saturated carbocycles. The summed E-state index contributed by atoms with van der Waals surface area (Å²) in [5.74, 6) is -1.40. The number of aliphatic carboxylic acids is 1. The van der Waals surface area contributed by atoms with Crippen LogP contribution in [0.3, 0.4) is 0 Å². The number of piperidine rings is 1. The topological polar surface area (TPSA) is 84.7 Å². The summed E-state index contributed by atoms with van der Waals surface area (Å²) in [6.07, 6.45) is 2.29. The zero-order valence-corrected chi connectivity index (χ0v) is 20.1. The molecule has 1 saturated heterocycles. The molecule has 1 aromatic heterocycles. The van der Waals surface area contributed by atoms with Crippen molar-refractivity contribution in [3.05, 3.63) is 53.6 Å². The number of nitrogens with zero attached hydrogens (tertiary/aromatic N) is 3. The second-order valence-electron chi connectivity index (χ2n) is 9.57. The molecule has 2 aliphatic rings. The summed E-state index contributed by atoms with van der Waals surface area (Å²) in [7, 11) is 0. The van der Waals surface area contributed by atoms with Crippen LogP contribution in [-0.4, -0.2) is 56.4 Å². The lowest BCUT2D eigenvalue weighted by Gasteiger charge is -2.44. The number of halogens is 3. The monoisotopic (exact) mass is 495 g/mol. The van der Waals surface area contributed by atoms with E-state index in [1.165, 1.54) is 18.4 Å². The summed E-state index contributed by atoms with van der Waals surface area (Å²) >= 11 is 0. The fraction of sp³-hybridized carbons (Fsp3) is 0.560. The van der Waals surface area contributed by atoms with Crippen LogP contribution < -0.4 is 0 Å². The number of carbonyl (C=O) groups is 2. The van der Waals surface area contributed by atoms with Crippen molar-refractivity contribution >= 4 is 11.9 Å². The molecule has 2 aliphatic heterocycles. The van der Waals surface area contributed by atoms with E-state index in [1.807, 2.05) is 12.3 Å². The molecule has 1 N–H and O–H groups in total. The van der Waals surface area contributed by atoms with E-state index >= 15 is 0 Å². The molecule has 0 spiro atoms. The molecule has 2 unspecified atom stereocenters. The summed E-state index contributed by atoms with van der Waals surface area (Å²) in [5.41, 5.74) is 1.63. The second-order valence-corrected chi connectivity index (χ2v) is 9.57. The molecule has 0 amide bonds. The number of carboxylic acid groups (broad SMARTS) is 1. The molecule has 7 nitrogen and oxygen atoms in total. The zero-order chi connectivity index (χ0) is 25.6. The number of fused-ring (bicyclic) bond motifs is 1. The highest BCUT2D eigenvalue weighted by molar-refractivity contribution is 5.87. The van der Waals surface area contributed by atoms with Crippen LogP contribution in [-0.2, 0) is 29.0 Å². The maximum atomic E-state index is 12.7. The summed E-state index contributed by atoms with van der Waals surface area (Å²) < 4.78 is 39.6. The largest absolute Gasteiger partial charge is 0.490 e. The predicted molar refractivity (Wildman–Crippen MR) is 123 cm³/mol. The second kappa shape index (κ2) is 11.2. The van der Waals surface area contributed by atoms with E-state index in [0.717, 1.165) is 44.7 Å². The van der Waals surface area contributed by atoms with Gasteiger partial charge in [0.2, 0.25) is 0 Å². The lowest BCUT2D eigenvalue weighted by atomic mass is 9.88. The molecule has 0 aliphatic carbocycles. The van der Waals surface area contributed by atoms with Crippen molar-refractivity contribution < 1.29 is 32.6 Å². The molecule has 3 heterocycles. The number of hydrogen-bond acceptors (Lipinski definition) is 5. The Labute approximate surface area is 202 Å². The van der Waals surface area contributed by atoms with Gasteiger partial charge >= 0.3 is 18.1 Å². The van der Waals surface area contributed by atoms with Gasteiger partial charge in [0.1, 0.15) is 12.4 Å². The molecule has 192 valence electrons. The van der Waals surface area contributed by atoms with Crippen molar-refractivity contribution in [3.8, 4) is 0 Å². The van der Waals surface area contributed by atoms with Crippen LogP contribution in [0.2, 0.25) is 0 Å². The van der Waals surface area contributed by atoms with Crippen molar-refractivity contribution in [3.63, 3.8) is 0 Å². The normalized spacial score (nSPS) is 22.5. The number of imidazole rings is 1. The minimum absolute atomic E-state index is 0.127. The smallest absolute Gasteiger partial charge is 0.475 e. The number of benzene rings is 1. The number of aryl methyl sites for hydroxylation is 1. The number of hydrogen-bond donors (Lipinski definition) is 1. The Morgan fingerprint density at radius 3 is 2.54 bits per heavy atom. The maximum Gasteiger partial charge on any atom is 0.490 e.